The molecule has 206 valence electrons. The number of rotatable bonds is 15. The average molecular weight is 513 g/mol. The van der Waals surface area contributed by atoms with E-state index in [0.29, 0.717) is 5.92 Å². The molecule has 4 rings (SSSR count). The van der Waals surface area contributed by atoms with Crippen LogP contribution in [-0.4, -0.2) is 6.61 Å². The highest BCUT2D eigenvalue weighted by atomic mass is 16.5. The Kier molecular flexibility index (Phi) is 11.6. The second kappa shape index (κ2) is 15.3. The van der Waals surface area contributed by atoms with Crippen molar-refractivity contribution in [2.75, 3.05) is 6.61 Å². The van der Waals surface area contributed by atoms with E-state index in [1.165, 1.54) is 117 Å². The van der Waals surface area contributed by atoms with E-state index in [2.05, 4.69) is 81.4 Å². The lowest BCUT2D eigenvalue weighted by atomic mass is 9.78. The molecule has 1 aliphatic rings. The number of benzene rings is 3. The summed E-state index contributed by atoms with van der Waals surface area (Å²) in [5.74, 6) is 3.55. The molecule has 1 saturated carbocycles. The van der Waals surface area contributed by atoms with Crippen LogP contribution in [0.3, 0.4) is 0 Å². The number of fused-ring (bicyclic) bond motifs is 1. The zero-order chi connectivity index (χ0) is 26.6. The Bertz CT molecular complexity index is 1070. The number of ether oxygens (including phenoxy) is 1. The molecule has 0 bridgehead atoms. The van der Waals surface area contributed by atoms with Gasteiger partial charge in [0.15, 0.2) is 0 Å². The topological polar surface area (TPSA) is 9.23 Å². The van der Waals surface area contributed by atoms with Crippen LogP contribution in [0.5, 0.6) is 5.75 Å². The highest BCUT2D eigenvalue weighted by Crippen LogP contribution is 2.35. The molecule has 0 N–H and O–H groups in total. The first-order chi connectivity index (χ1) is 18.7. The fraction of sp³-hybridized carbons (Fsp3) is 0.568. The Labute approximate surface area is 233 Å². The van der Waals surface area contributed by atoms with E-state index in [9.17, 15) is 0 Å². The summed E-state index contributed by atoms with van der Waals surface area (Å²) in [4.78, 5) is 0. The van der Waals surface area contributed by atoms with Gasteiger partial charge >= 0.3 is 0 Å². The standard InChI is InChI=1S/C37H52O/c1-4-6-7-8-9-13-30-17-19-31(20-18-30)14-11-27-38-35-24-21-32(22-25-35)36-16-10-15-34-28-33(23-26-37(34)36)29(3)12-5-2/h10,15-16,21-26,28-31H,4-9,11-14,17-20,27H2,1-3H3. The van der Waals surface area contributed by atoms with Crippen LogP contribution in [0.1, 0.15) is 122 Å². The van der Waals surface area contributed by atoms with Crippen LogP contribution in [0.25, 0.3) is 21.9 Å². The third-order valence-corrected chi connectivity index (χ3v) is 9.07. The van der Waals surface area contributed by atoms with Crippen molar-refractivity contribution in [3.8, 4) is 16.9 Å². The molecular weight excluding hydrogens is 460 g/mol. The Balaban J connectivity index is 1.20. The van der Waals surface area contributed by atoms with Gasteiger partial charge in [-0.3, -0.25) is 0 Å². The van der Waals surface area contributed by atoms with Crippen LogP contribution < -0.4 is 4.74 Å². The second-order valence-corrected chi connectivity index (χ2v) is 12.1. The van der Waals surface area contributed by atoms with Crippen molar-refractivity contribution in [1.29, 1.82) is 0 Å². The summed E-state index contributed by atoms with van der Waals surface area (Å²) < 4.78 is 6.15. The van der Waals surface area contributed by atoms with Gasteiger partial charge in [0, 0.05) is 0 Å². The Hall–Kier alpha value is -2.28. The Morgan fingerprint density at radius 1 is 0.737 bits per heavy atom. The highest BCUT2D eigenvalue weighted by Gasteiger charge is 2.20. The molecule has 38 heavy (non-hydrogen) atoms. The molecule has 1 unspecified atom stereocenters. The van der Waals surface area contributed by atoms with Crippen molar-refractivity contribution >= 4 is 10.8 Å². The van der Waals surface area contributed by atoms with Crippen molar-refractivity contribution in [3.05, 3.63) is 66.2 Å². The zero-order valence-corrected chi connectivity index (χ0v) is 24.5. The van der Waals surface area contributed by atoms with Crippen LogP contribution in [-0.2, 0) is 0 Å². The minimum atomic E-state index is 0.615. The highest BCUT2D eigenvalue weighted by molar-refractivity contribution is 5.97. The Morgan fingerprint density at radius 3 is 2.16 bits per heavy atom. The third-order valence-electron chi connectivity index (χ3n) is 9.07. The molecule has 1 aliphatic carbocycles. The normalized spacial score (nSPS) is 18.5. The van der Waals surface area contributed by atoms with E-state index in [-0.39, 0.29) is 0 Å². The lowest BCUT2D eigenvalue weighted by Gasteiger charge is -2.28. The molecule has 1 heteroatoms. The molecule has 1 nitrogen and oxygen atoms in total. The zero-order valence-electron chi connectivity index (χ0n) is 24.5. The Morgan fingerprint density at radius 2 is 1.45 bits per heavy atom. The fourth-order valence-electron chi connectivity index (χ4n) is 6.60. The van der Waals surface area contributed by atoms with Gasteiger partial charge in [-0.1, -0.05) is 140 Å². The van der Waals surface area contributed by atoms with Gasteiger partial charge in [0.2, 0.25) is 0 Å². The summed E-state index contributed by atoms with van der Waals surface area (Å²) in [6.07, 6.45) is 19.4. The van der Waals surface area contributed by atoms with Crippen molar-refractivity contribution < 1.29 is 4.74 Å². The molecule has 0 amide bonds. The van der Waals surface area contributed by atoms with E-state index < -0.39 is 0 Å². The third kappa shape index (κ3) is 8.36. The van der Waals surface area contributed by atoms with Gasteiger partial charge in [-0.2, -0.15) is 0 Å². The molecule has 3 aromatic rings. The van der Waals surface area contributed by atoms with Crippen molar-refractivity contribution in [1.82, 2.24) is 0 Å². The molecule has 0 saturated heterocycles. The minimum Gasteiger partial charge on any atom is -0.494 e. The van der Waals surface area contributed by atoms with Gasteiger partial charge in [0.25, 0.3) is 0 Å². The SMILES string of the molecule is CCCCCCCC1CCC(CCCOc2ccc(-c3cccc4cc(C(C)CCC)ccc34)cc2)CC1. The molecule has 0 aromatic heterocycles. The van der Waals surface area contributed by atoms with Crippen molar-refractivity contribution in [2.45, 2.75) is 117 Å². The van der Waals surface area contributed by atoms with Gasteiger partial charge in [0.1, 0.15) is 5.75 Å². The summed E-state index contributed by atoms with van der Waals surface area (Å²) in [5.41, 5.74) is 4.02. The van der Waals surface area contributed by atoms with Crippen molar-refractivity contribution in [2.24, 2.45) is 11.8 Å². The van der Waals surface area contributed by atoms with Gasteiger partial charge in [-0.15, -0.1) is 0 Å². The van der Waals surface area contributed by atoms with Crippen LogP contribution >= 0.6 is 0 Å². The first-order valence-electron chi connectivity index (χ1n) is 15.9. The second-order valence-electron chi connectivity index (χ2n) is 12.1. The maximum absolute atomic E-state index is 6.15. The van der Waals surface area contributed by atoms with E-state index in [1.54, 1.807) is 0 Å². The summed E-state index contributed by atoms with van der Waals surface area (Å²) in [5, 5.41) is 2.67. The molecule has 3 aromatic carbocycles. The van der Waals surface area contributed by atoms with E-state index in [0.717, 1.165) is 24.2 Å². The molecule has 0 radical (unpaired) electrons. The van der Waals surface area contributed by atoms with E-state index >= 15 is 0 Å². The quantitative estimate of drug-likeness (QED) is 0.184. The molecule has 1 fully saturated rings. The maximum atomic E-state index is 6.15. The minimum absolute atomic E-state index is 0.615. The molecule has 0 heterocycles. The van der Waals surface area contributed by atoms with E-state index in [4.69, 9.17) is 4.74 Å². The van der Waals surface area contributed by atoms with Gasteiger partial charge in [-0.25, -0.2) is 0 Å². The smallest absolute Gasteiger partial charge is 0.119 e. The first-order valence-corrected chi connectivity index (χ1v) is 15.9. The number of unbranched alkanes of at least 4 members (excludes halogenated alkanes) is 4. The molecular formula is C37H52O. The predicted molar refractivity (Wildman–Crippen MR) is 166 cm³/mol. The molecule has 1 atom stereocenters. The lowest BCUT2D eigenvalue weighted by Crippen LogP contribution is -2.15. The monoisotopic (exact) mass is 512 g/mol. The van der Waals surface area contributed by atoms with Crippen molar-refractivity contribution in [3.63, 3.8) is 0 Å². The lowest BCUT2D eigenvalue weighted by molar-refractivity contribution is 0.228. The largest absolute Gasteiger partial charge is 0.494 e. The van der Waals surface area contributed by atoms with Crippen LogP contribution in [0.15, 0.2) is 60.7 Å². The van der Waals surface area contributed by atoms with Crippen LogP contribution in [0, 0.1) is 11.8 Å². The summed E-state index contributed by atoms with van der Waals surface area (Å²) >= 11 is 0. The van der Waals surface area contributed by atoms with Gasteiger partial charge in [0.05, 0.1) is 6.61 Å². The van der Waals surface area contributed by atoms with Crippen LogP contribution in [0.4, 0.5) is 0 Å². The molecule has 0 spiro atoms. The van der Waals surface area contributed by atoms with Crippen LogP contribution in [0.2, 0.25) is 0 Å². The number of hydrogen-bond acceptors (Lipinski definition) is 1. The first kappa shape index (κ1) is 28.7. The fourth-order valence-corrected chi connectivity index (χ4v) is 6.60. The van der Waals surface area contributed by atoms with E-state index in [1.807, 2.05) is 0 Å². The van der Waals surface area contributed by atoms with Gasteiger partial charge in [-0.05, 0) is 76.6 Å². The summed E-state index contributed by atoms with van der Waals surface area (Å²) in [6.45, 7) is 7.75. The van der Waals surface area contributed by atoms with Gasteiger partial charge < -0.3 is 4.74 Å². The maximum Gasteiger partial charge on any atom is 0.119 e. The number of hydrogen-bond donors (Lipinski definition) is 0. The average Bonchev–Trinajstić information content (AvgIpc) is 2.96. The molecule has 0 aliphatic heterocycles. The summed E-state index contributed by atoms with van der Waals surface area (Å²) in [6, 6.07) is 22.5. The predicted octanol–water partition coefficient (Wildman–Crippen LogP) is 11.7. The summed E-state index contributed by atoms with van der Waals surface area (Å²) in [7, 11) is 0.